The molecule has 8 heteroatoms. The minimum absolute atomic E-state index is 0.0553. The molecule has 0 radical (unpaired) electrons. The molecule has 0 saturated heterocycles. The van der Waals surface area contributed by atoms with Crippen molar-refractivity contribution >= 4 is 17.2 Å². The molecule has 0 bridgehead atoms. The number of carbonyl (C=O) groups excluding carboxylic acids is 1. The minimum atomic E-state index is -0.682. The van der Waals surface area contributed by atoms with Gasteiger partial charge in [-0.3, -0.25) is 9.69 Å². The molecule has 4 rings (SSSR count). The summed E-state index contributed by atoms with van der Waals surface area (Å²) < 4.78 is 16.7. The van der Waals surface area contributed by atoms with Gasteiger partial charge in [-0.1, -0.05) is 12.0 Å². The van der Waals surface area contributed by atoms with E-state index in [1.165, 1.54) is 4.88 Å². The Morgan fingerprint density at radius 3 is 2.94 bits per heavy atom. The summed E-state index contributed by atoms with van der Waals surface area (Å²) in [5.41, 5.74) is 1.16. The first-order valence-electron chi connectivity index (χ1n) is 11.6. The molecule has 7 nitrogen and oxygen atoms in total. The zero-order chi connectivity index (χ0) is 23.9. The monoisotopic (exact) mass is 484 g/mol. The number of hydrogen-bond acceptors (Lipinski definition) is 7. The predicted molar refractivity (Wildman–Crippen MR) is 131 cm³/mol. The lowest BCUT2D eigenvalue weighted by molar-refractivity contribution is -0.136. The molecule has 2 heterocycles. The molecule has 1 amide bonds. The number of ether oxygens (including phenoxy) is 3. The summed E-state index contributed by atoms with van der Waals surface area (Å²) in [6, 6.07) is 9.79. The Morgan fingerprint density at radius 1 is 1.35 bits per heavy atom. The van der Waals surface area contributed by atoms with Gasteiger partial charge in [0.25, 0.3) is 0 Å². The molecule has 2 aromatic rings. The fourth-order valence-electron chi connectivity index (χ4n) is 4.36. The van der Waals surface area contributed by atoms with Crippen LogP contribution in [-0.2, 0) is 16.0 Å². The number of methoxy groups -OCH3 is 1. The highest BCUT2D eigenvalue weighted by atomic mass is 32.1. The van der Waals surface area contributed by atoms with Crippen molar-refractivity contribution in [2.24, 2.45) is 0 Å². The molecule has 1 saturated carbocycles. The van der Waals surface area contributed by atoms with Gasteiger partial charge in [0, 0.05) is 30.1 Å². The third kappa shape index (κ3) is 6.30. The molecular formula is C26H32N2O5S. The molecular weight excluding hydrogens is 452 g/mol. The van der Waals surface area contributed by atoms with Gasteiger partial charge in [0.2, 0.25) is 5.91 Å². The normalized spacial score (nSPS) is 18.3. The molecule has 1 N–H and O–H groups in total. The third-order valence-electron chi connectivity index (χ3n) is 6.21. The number of terminal acetylenes is 1. The maximum atomic E-state index is 13.5. The maximum absolute atomic E-state index is 13.5. The summed E-state index contributed by atoms with van der Waals surface area (Å²) in [5.74, 6) is 3.90. The van der Waals surface area contributed by atoms with E-state index in [4.69, 9.17) is 20.6 Å². The van der Waals surface area contributed by atoms with E-state index in [2.05, 4.69) is 22.3 Å². The van der Waals surface area contributed by atoms with Crippen LogP contribution in [0.2, 0.25) is 0 Å². The predicted octanol–water partition coefficient (Wildman–Crippen LogP) is 2.74. The summed E-state index contributed by atoms with van der Waals surface area (Å²) in [7, 11) is 1.63. The van der Waals surface area contributed by atoms with Crippen LogP contribution in [0.25, 0.3) is 0 Å². The average Bonchev–Trinajstić information content (AvgIpc) is 3.59. The Bertz CT molecular complexity index is 999. The van der Waals surface area contributed by atoms with Gasteiger partial charge < -0.3 is 24.2 Å². The van der Waals surface area contributed by atoms with E-state index in [1.807, 2.05) is 29.2 Å². The number of hydrogen-bond donors (Lipinski definition) is 1. The molecule has 0 unspecified atom stereocenters. The van der Waals surface area contributed by atoms with Crippen LogP contribution in [0, 0.1) is 12.3 Å². The maximum Gasteiger partial charge on any atom is 0.237 e. The molecule has 1 aliphatic heterocycles. The van der Waals surface area contributed by atoms with Gasteiger partial charge in [-0.2, -0.15) is 0 Å². The zero-order valence-electron chi connectivity index (χ0n) is 19.5. The molecule has 2 atom stereocenters. The second-order valence-corrected chi connectivity index (χ2v) is 9.68. The molecule has 1 aromatic heterocycles. The molecule has 1 fully saturated rings. The highest BCUT2D eigenvalue weighted by Crippen LogP contribution is 2.35. The van der Waals surface area contributed by atoms with E-state index in [-0.39, 0.29) is 31.7 Å². The van der Waals surface area contributed by atoms with Crippen molar-refractivity contribution in [3.05, 3.63) is 46.2 Å². The van der Waals surface area contributed by atoms with E-state index in [0.717, 1.165) is 30.6 Å². The largest absolute Gasteiger partial charge is 0.497 e. The second-order valence-electron chi connectivity index (χ2n) is 8.68. The van der Waals surface area contributed by atoms with E-state index in [1.54, 1.807) is 18.4 Å². The Kier molecular flexibility index (Phi) is 8.46. The number of nitrogens with zero attached hydrogens (tertiary/aromatic N) is 2. The molecule has 34 heavy (non-hydrogen) atoms. The SMILES string of the molecule is C#CCOC[C@@H](O)CN(CC(=O)N1CCc2sccc2[C@@H]1COc1cccc(OC)c1)C1CC1. The van der Waals surface area contributed by atoms with Crippen molar-refractivity contribution in [1.82, 2.24) is 9.80 Å². The summed E-state index contributed by atoms with van der Waals surface area (Å²) >= 11 is 1.73. The second kappa shape index (κ2) is 11.7. The summed E-state index contributed by atoms with van der Waals surface area (Å²) in [6.45, 7) is 2.03. The lowest BCUT2D eigenvalue weighted by atomic mass is 10.0. The van der Waals surface area contributed by atoms with Gasteiger partial charge in [-0.05, 0) is 48.4 Å². The van der Waals surface area contributed by atoms with Gasteiger partial charge in [0.15, 0.2) is 0 Å². The van der Waals surface area contributed by atoms with Crippen molar-refractivity contribution in [2.45, 2.75) is 37.5 Å². The highest BCUT2D eigenvalue weighted by Gasteiger charge is 2.36. The molecule has 1 aliphatic carbocycles. The van der Waals surface area contributed by atoms with Gasteiger partial charge in [0.1, 0.15) is 24.7 Å². The fraction of sp³-hybridized carbons (Fsp3) is 0.500. The Labute approximate surface area is 205 Å². The van der Waals surface area contributed by atoms with E-state index in [0.29, 0.717) is 31.5 Å². The fourth-order valence-corrected chi connectivity index (χ4v) is 5.29. The van der Waals surface area contributed by atoms with Crippen molar-refractivity contribution in [1.29, 1.82) is 0 Å². The van der Waals surface area contributed by atoms with Gasteiger partial charge in [0.05, 0.1) is 32.4 Å². The quantitative estimate of drug-likeness (QED) is 0.369. The van der Waals surface area contributed by atoms with Crippen LogP contribution in [-0.4, -0.2) is 79.5 Å². The van der Waals surface area contributed by atoms with Crippen LogP contribution >= 0.6 is 11.3 Å². The molecule has 182 valence electrons. The van der Waals surface area contributed by atoms with Crippen LogP contribution < -0.4 is 9.47 Å². The lowest BCUT2D eigenvalue weighted by Gasteiger charge is -2.37. The van der Waals surface area contributed by atoms with Crippen molar-refractivity contribution < 1.29 is 24.1 Å². The summed E-state index contributed by atoms with van der Waals surface area (Å²) in [4.78, 5) is 18.8. The van der Waals surface area contributed by atoms with Crippen molar-refractivity contribution in [3.63, 3.8) is 0 Å². The minimum Gasteiger partial charge on any atom is -0.497 e. The number of carbonyl (C=O) groups is 1. The number of aliphatic hydroxyl groups excluding tert-OH is 1. The van der Waals surface area contributed by atoms with Crippen molar-refractivity contribution in [3.8, 4) is 23.8 Å². The van der Waals surface area contributed by atoms with Crippen molar-refractivity contribution in [2.75, 3.05) is 46.6 Å². The number of amides is 1. The topological polar surface area (TPSA) is 71.5 Å². The average molecular weight is 485 g/mol. The van der Waals surface area contributed by atoms with Crippen LogP contribution in [0.15, 0.2) is 35.7 Å². The van der Waals surface area contributed by atoms with Crippen LogP contribution in [0.5, 0.6) is 11.5 Å². The van der Waals surface area contributed by atoms with Gasteiger partial charge in [-0.25, -0.2) is 0 Å². The molecule has 0 spiro atoms. The lowest BCUT2D eigenvalue weighted by Crippen LogP contribution is -2.48. The van der Waals surface area contributed by atoms with Gasteiger partial charge >= 0.3 is 0 Å². The van der Waals surface area contributed by atoms with Crippen LogP contribution in [0.3, 0.4) is 0 Å². The first-order chi connectivity index (χ1) is 16.6. The zero-order valence-corrected chi connectivity index (χ0v) is 20.3. The Morgan fingerprint density at radius 2 is 2.18 bits per heavy atom. The summed E-state index contributed by atoms with van der Waals surface area (Å²) in [6.07, 6.45) is 7.46. The first kappa shape index (κ1) is 24.6. The standard InChI is InChI=1S/C26H32N2O5S/c1-3-12-32-17-20(29)15-27(19-7-8-19)16-26(30)28-11-9-25-23(10-13-34-25)24(28)18-33-22-6-4-5-21(14-22)31-2/h1,4-6,10,13-14,19-20,24,29H,7-9,11-12,15-18H2,2H3/t20-,24-/m0/s1. The Balaban J connectivity index is 1.42. The number of thiophene rings is 1. The smallest absolute Gasteiger partial charge is 0.237 e. The van der Waals surface area contributed by atoms with Gasteiger partial charge in [-0.15, -0.1) is 17.8 Å². The third-order valence-corrected chi connectivity index (χ3v) is 7.20. The first-order valence-corrected chi connectivity index (χ1v) is 12.5. The highest BCUT2D eigenvalue weighted by molar-refractivity contribution is 7.10. The van der Waals surface area contributed by atoms with Crippen LogP contribution in [0.1, 0.15) is 29.3 Å². The van der Waals surface area contributed by atoms with E-state index < -0.39 is 6.10 Å². The number of fused-ring (bicyclic) bond motifs is 1. The van der Waals surface area contributed by atoms with Crippen LogP contribution in [0.4, 0.5) is 0 Å². The number of rotatable bonds is 12. The molecule has 1 aromatic carbocycles. The van der Waals surface area contributed by atoms with E-state index in [9.17, 15) is 9.90 Å². The Hall–Kier alpha value is -2.57. The van der Waals surface area contributed by atoms with E-state index >= 15 is 0 Å². The number of aliphatic hydroxyl groups is 1. The summed E-state index contributed by atoms with van der Waals surface area (Å²) in [5, 5.41) is 12.4. The number of benzene rings is 1. The molecule has 2 aliphatic rings.